The van der Waals surface area contributed by atoms with E-state index in [1.54, 1.807) is 34.1 Å². The van der Waals surface area contributed by atoms with Crippen LogP contribution in [0.4, 0.5) is 22.7 Å². The fraction of sp³-hybridized carbons (Fsp3) is 0.361. The van der Waals surface area contributed by atoms with Gasteiger partial charge in [-0.05, 0) is 137 Å². The number of hydrogen-bond donors (Lipinski definition) is 2. The van der Waals surface area contributed by atoms with Gasteiger partial charge in [-0.25, -0.2) is 10.2 Å². The highest BCUT2D eigenvalue weighted by Gasteiger charge is 2.37. The van der Waals surface area contributed by atoms with Crippen LogP contribution < -0.4 is 44.2 Å². The van der Waals surface area contributed by atoms with Crippen LogP contribution in [0.25, 0.3) is 0 Å². The first kappa shape index (κ1) is 66.7. The number of hydroxylamine groups is 2. The van der Waals surface area contributed by atoms with Crippen molar-refractivity contribution in [3.8, 4) is 28.7 Å². The number of hydrogen-bond acceptors (Lipinski definition) is 17. The van der Waals surface area contributed by atoms with Gasteiger partial charge in [-0.2, -0.15) is 5.10 Å². The van der Waals surface area contributed by atoms with Crippen molar-refractivity contribution < 1.29 is 66.8 Å². The molecule has 94 heavy (non-hydrogen) atoms. The van der Waals surface area contributed by atoms with E-state index in [9.17, 15) is 33.6 Å². The standard InChI is InChI=1S/C72H78N8O14/c1-71(2,30-28-64(81)74-32-16-15-21-55(48-17-9-8-10-18-48)76-77-65(82)24-27-68(85)94-80-66(83)25-26-67(80)84)92-34-31-72(3,4)93-52-36-46(44-90-62-41-56(73-5)53(39-60(62)88-6)69(86)78-33-29-49-19-11-13-22-58(49)78)35-47(37-52)45-91-63-42-57-54(40-61(63)89-7)70(87)79-51(43-75-57)38-50-20-12-14-23-59(50)79/h8-14,17-20,22-23,35-37,39-43,51H,5,15-16,21,24-34,38,44-45H2,1-4,6-7H3,(H,74,81)(H,77,82)/b76-55-/t51-/m0/s1. The van der Waals surface area contributed by atoms with Crippen molar-refractivity contribution in [1.29, 1.82) is 0 Å². The number of carbonyl (C=O) groups excluding carboxylic acids is 7. The van der Waals surface area contributed by atoms with Gasteiger partial charge >= 0.3 is 5.97 Å². The Balaban J connectivity index is 0.750. The minimum Gasteiger partial charge on any atom is -0.493 e. The van der Waals surface area contributed by atoms with E-state index in [1.807, 2.05) is 131 Å². The molecule has 4 aliphatic heterocycles. The number of fused-ring (bicyclic) bond motifs is 5. The number of para-hydroxylation sites is 2. The zero-order chi connectivity index (χ0) is 66.5. The largest absolute Gasteiger partial charge is 0.493 e. The quantitative estimate of drug-likeness (QED) is 0.0184. The Morgan fingerprint density at radius 1 is 0.681 bits per heavy atom. The van der Waals surface area contributed by atoms with Gasteiger partial charge in [0, 0.05) is 81.3 Å². The van der Waals surface area contributed by atoms with E-state index >= 15 is 0 Å². The highest BCUT2D eigenvalue weighted by atomic mass is 16.7. The fourth-order valence-corrected chi connectivity index (χ4v) is 11.5. The van der Waals surface area contributed by atoms with Crippen molar-refractivity contribution in [2.75, 3.05) is 43.7 Å². The maximum Gasteiger partial charge on any atom is 0.333 e. The molecule has 1 fully saturated rings. The first-order chi connectivity index (χ1) is 45.3. The van der Waals surface area contributed by atoms with Crippen LogP contribution in [0.3, 0.4) is 0 Å². The summed E-state index contributed by atoms with van der Waals surface area (Å²) in [5, 5.41) is 7.79. The van der Waals surface area contributed by atoms with Crippen LogP contribution in [0, 0.1) is 0 Å². The van der Waals surface area contributed by atoms with Crippen molar-refractivity contribution >= 4 is 82.8 Å². The molecule has 22 heteroatoms. The Labute approximate surface area is 546 Å². The van der Waals surface area contributed by atoms with Gasteiger partial charge in [0.2, 0.25) is 11.8 Å². The molecule has 0 radical (unpaired) electrons. The normalized spacial score (nSPS) is 15.0. The SMILES string of the molecule is C=Nc1cc(OCc2cc(COc3cc4c(cc3OC)C(=O)N3c5ccccc5C[C@H]3C=N4)cc(OC(C)(C)CCOC(C)(C)CCC(=O)NCCCC/C(=N/NC(=O)CCC(=O)ON3C(=O)CCC3=O)c3ccccc3)c2)c(OC)cc1C(=O)N1CCc2ccccc21. The predicted molar refractivity (Wildman–Crippen MR) is 354 cm³/mol. The molecule has 6 aromatic rings. The molecule has 6 aromatic carbocycles. The molecule has 0 aromatic heterocycles. The Hall–Kier alpha value is -10.2. The van der Waals surface area contributed by atoms with Gasteiger partial charge in [-0.1, -0.05) is 66.7 Å². The van der Waals surface area contributed by atoms with Crippen LogP contribution in [0.5, 0.6) is 28.7 Å². The first-order valence-electron chi connectivity index (χ1n) is 31.5. The number of nitrogens with zero attached hydrogens (tertiary/aromatic N) is 6. The third-order valence-electron chi connectivity index (χ3n) is 16.6. The minimum atomic E-state index is -0.882. The van der Waals surface area contributed by atoms with Crippen molar-refractivity contribution in [3.63, 3.8) is 0 Å². The summed E-state index contributed by atoms with van der Waals surface area (Å²) in [6.45, 7) is 13.0. The average Bonchev–Trinajstić information content (AvgIpc) is 1.56. The van der Waals surface area contributed by atoms with Crippen LogP contribution in [0.1, 0.15) is 140 Å². The molecule has 1 saturated heterocycles. The maximum absolute atomic E-state index is 14.2. The van der Waals surface area contributed by atoms with Gasteiger partial charge in [0.15, 0.2) is 23.0 Å². The monoisotopic (exact) mass is 1280 g/mol. The van der Waals surface area contributed by atoms with Crippen LogP contribution in [-0.4, -0.2) is 116 Å². The third-order valence-corrected chi connectivity index (χ3v) is 16.6. The molecule has 10 rings (SSSR count). The number of carbonyl (C=O) groups is 7. The number of imide groups is 1. The van der Waals surface area contributed by atoms with Crippen LogP contribution in [0.2, 0.25) is 0 Å². The molecular formula is C72H78N8O14. The number of rotatable bonds is 30. The number of hydrazone groups is 1. The second-order valence-corrected chi connectivity index (χ2v) is 24.5. The Morgan fingerprint density at radius 2 is 1.35 bits per heavy atom. The third kappa shape index (κ3) is 16.5. The topological polar surface area (TPSA) is 255 Å². The van der Waals surface area contributed by atoms with E-state index in [4.69, 9.17) is 38.3 Å². The number of anilines is 2. The lowest BCUT2D eigenvalue weighted by Gasteiger charge is -2.30. The van der Waals surface area contributed by atoms with Crippen molar-refractivity contribution in [2.24, 2.45) is 15.1 Å². The summed E-state index contributed by atoms with van der Waals surface area (Å²) in [5.41, 5.74) is 9.35. The average molecular weight is 1280 g/mol. The van der Waals surface area contributed by atoms with Gasteiger partial charge in [0.05, 0.1) is 67.1 Å². The van der Waals surface area contributed by atoms with Crippen LogP contribution >= 0.6 is 0 Å². The van der Waals surface area contributed by atoms with Crippen molar-refractivity contribution in [3.05, 3.63) is 160 Å². The molecule has 2 N–H and O–H groups in total. The Morgan fingerprint density at radius 3 is 2.06 bits per heavy atom. The van der Waals surface area contributed by atoms with Crippen molar-refractivity contribution in [2.45, 2.75) is 135 Å². The lowest BCUT2D eigenvalue weighted by atomic mass is 10.0. The minimum absolute atomic E-state index is 0.0322. The highest BCUT2D eigenvalue weighted by Crippen LogP contribution is 2.43. The molecule has 6 amide bonds. The fourth-order valence-electron chi connectivity index (χ4n) is 11.5. The summed E-state index contributed by atoms with van der Waals surface area (Å²) in [4.78, 5) is 107. The summed E-state index contributed by atoms with van der Waals surface area (Å²) in [7, 11) is 3.04. The lowest BCUT2D eigenvalue weighted by Crippen LogP contribution is -2.37. The summed E-state index contributed by atoms with van der Waals surface area (Å²) >= 11 is 0. The van der Waals surface area contributed by atoms with Gasteiger partial charge in [0.1, 0.15) is 24.6 Å². The second-order valence-electron chi connectivity index (χ2n) is 24.5. The molecule has 0 aliphatic carbocycles. The van der Waals surface area contributed by atoms with Gasteiger partial charge < -0.3 is 43.5 Å². The number of benzene rings is 6. The molecule has 1 atom stereocenters. The van der Waals surface area contributed by atoms with Gasteiger partial charge in [0.25, 0.3) is 23.6 Å². The zero-order valence-corrected chi connectivity index (χ0v) is 53.8. The number of unbranched alkanes of at least 4 members (excludes halogenated alkanes) is 1. The van der Waals surface area contributed by atoms with Crippen LogP contribution in [0.15, 0.2) is 136 Å². The van der Waals surface area contributed by atoms with E-state index in [0.29, 0.717) is 120 Å². The summed E-state index contributed by atoms with van der Waals surface area (Å²) < 4.78 is 37.9. The molecule has 0 unspecified atom stereocenters. The first-order valence-corrected chi connectivity index (χ1v) is 31.5. The number of aliphatic imine (C=N–C) groups is 2. The predicted octanol–water partition coefficient (Wildman–Crippen LogP) is 11.0. The Bertz CT molecular complexity index is 3900. The highest BCUT2D eigenvalue weighted by molar-refractivity contribution is 6.15. The summed E-state index contributed by atoms with van der Waals surface area (Å²) in [6, 6.07) is 37.2. The summed E-state index contributed by atoms with van der Waals surface area (Å²) in [5.74, 6) is -1.20. The van der Waals surface area contributed by atoms with Crippen molar-refractivity contribution in [1.82, 2.24) is 15.8 Å². The molecule has 0 saturated carbocycles. The molecule has 4 aliphatic rings. The summed E-state index contributed by atoms with van der Waals surface area (Å²) in [6.07, 6.45) is 5.46. The van der Waals surface area contributed by atoms with E-state index < -0.39 is 34.9 Å². The molecule has 490 valence electrons. The smallest absolute Gasteiger partial charge is 0.333 e. The lowest BCUT2D eigenvalue weighted by molar-refractivity contribution is -0.197. The molecule has 4 heterocycles. The number of amides is 6. The van der Waals surface area contributed by atoms with Gasteiger partial charge in [-0.15, -0.1) is 5.06 Å². The zero-order valence-electron chi connectivity index (χ0n) is 53.8. The molecule has 0 spiro atoms. The van der Waals surface area contributed by atoms with E-state index in [-0.39, 0.29) is 69.1 Å². The van der Waals surface area contributed by atoms with E-state index in [0.717, 1.165) is 45.6 Å². The second kappa shape index (κ2) is 30.0. The Kier molecular flexibility index (Phi) is 21.3. The number of ether oxygens (including phenoxy) is 6. The molecular weight excluding hydrogens is 1200 g/mol. The molecule has 0 bridgehead atoms. The van der Waals surface area contributed by atoms with E-state index in [1.165, 1.54) is 14.2 Å². The van der Waals surface area contributed by atoms with E-state index in [2.05, 4.69) is 27.6 Å². The number of nitrogens with one attached hydrogen (secondary N) is 2. The van der Waals surface area contributed by atoms with Gasteiger partial charge in [-0.3, -0.25) is 43.7 Å². The maximum atomic E-state index is 14.2. The number of methoxy groups -OCH3 is 2. The van der Waals surface area contributed by atoms with Crippen LogP contribution in [-0.2, 0) is 59.6 Å². The molecule has 22 nitrogen and oxygen atoms in total.